The number of halogens is 6. The van der Waals surface area contributed by atoms with Crippen molar-refractivity contribution in [1.82, 2.24) is 0 Å². The molecule has 0 unspecified atom stereocenters. The zero-order valence-electron chi connectivity index (χ0n) is 21.1. The molecule has 0 spiro atoms. The number of carbonyl (C=O) groups excluding carboxylic acids is 2. The van der Waals surface area contributed by atoms with Gasteiger partial charge in [-0.25, -0.2) is 4.79 Å². The number of rotatable bonds is 5. The number of esters is 1. The first-order valence-electron chi connectivity index (χ1n) is 11.5. The quantitative estimate of drug-likeness (QED) is 0.141. The second-order valence-corrected chi connectivity index (χ2v) is 7.91. The van der Waals surface area contributed by atoms with E-state index < -0.39 is 34.9 Å². The van der Waals surface area contributed by atoms with Gasteiger partial charge in [0.2, 0.25) is 5.41 Å². The van der Waals surface area contributed by atoms with Gasteiger partial charge >= 0.3 is 18.3 Å². The largest absolute Gasteiger partial charge is 0.497 e. The second kappa shape index (κ2) is 14.0. The molecular formula is C30H24F6O4. The van der Waals surface area contributed by atoms with Crippen LogP contribution in [0.1, 0.15) is 21.5 Å². The highest BCUT2D eigenvalue weighted by Gasteiger charge is 2.72. The minimum absolute atomic E-state index is 0.107. The third-order valence-electron chi connectivity index (χ3n) is 5.55. The lowest BCUT2D eigenvalue weighted by molar-refractivity contribution is -0.288. The van der Waals surface area contributed by atoms with Crippen LogP contribution >= 0.6 is 0 Å². The number of methoxy groups -OCH3 is 1. The minimum Gasteiger partial charge on any atom is -0.497 e. The molecule has 40 heavy (non-hydrogen) atoms. The molecule has 0 atom stereocenters. The highest BCUT2D eigenvalue weighted by atomic mass is 19.4. The van der Waals surface area contributed by atoms with Crippen molar-refractivity contribution < 1.29 is 45.4 Å². The van der Waals surface area contributed by atoms with E-state index >= 15 is 0 Å². The zero-order chi connectivity index (χ0) is 29.8. The van der Waals surface area contributed by atoms with Crippen molar-refractivity contribution in [2.45, 2.75) is 17.8 Å². The van der Waals surface area contributed by atoms with E-state index in [1.807, 2.05) is 43.2 Å². The third-order valence-corrected chi connectivity index (χ3v) is 5.55. The van der Waals surface area contributed by atoms with Gasteiger partial charge in [-0.2, -0.15) is 26.3 Å². The molecule has 0 aliphatic rings. The maximum absolute atomic E-state index is 14.1. The second-order valence-electron chi connectivity index (χ2n) is 7.91. The molecule has 0 saturated heterocycles. The van der Waals surface area contributed by atoms with Crippen LogP contribution in [0.25, 0.3) is 0 Å². The first-order valence-corrected chi connectivity index (χ1v) is 11.5. The molecule has 4 aromatic rings. The first-order chi connectivity index (χ1) is 19.0. The summed E-state index contributed by atoms with van der Waals surface area (Å²) in [5.41, 5.74) is -6.21. The standard InChI is InChI=1S/C23H16F6O3.C6H6.CH2O/c1-31-18-11-7-16(8-12-18)21(22(24,25)26,23(27,28)29)17-9-13-19(14-10-17)32-20(30)15-5-3-2-4-6-15;1-2-4-6-5-3-1;1-2/h2-14H,1H3;1-6H;1H2. The minimum atomic E-state index is -5.72. The van der Waals surface area contributed by atoms with Crippen LogP contribution in [-0.4, -0.2) is 32.2 Å². The van der Waals surface area contributed by atoms with Crippen molar-refractivity contribution in [3.05, 3.63) is 132 Å². The Balaban J connectivity index is 0.000000609. The lowest BCUT2D eigenvalue weighted by Crippen LogP contribution is -2.54. The van der Waals surface area contributed by atoms with E-state index in [1.165, 1.54) is 19.2 Å². The Hall–Kier alpha value is -4.60. The third kappa shape index (κ3) is 7.28. The first kappa shape index (κ1) is 31.6. The maximum Gasteiger partial charge on any atom is 0.411 e. The lowest BCUT2D eigenvalue weighted by atomic mass is 9.73. The van der Waals surface area contributed by atoms with E-state index in [4.69, 9.17) is 14.3 Å². The topological polar surface area (TPSA) is 52.6 Å². The maximum atomic E-state index is 14.1. The molecule has 210 valence electrons. The Kier molecular flexibility index (Phi) is 11.0. The van der Waals surface area contributed by atoms with Gasteiger partial charge in [0.05, 0.1) is 12.7 Å². The molecule has 4 aromatic carbocycles. The number of carbonyl (C=O) groups is 2. The molecule has 0 N–H and O–H groups in total. The molecule has 0 aliphatic carbocycles. The summed E-state index contributed by atoms with van der Waals surface area (Å²) >= 11 is 0. The van der Waals surface area contributed by atoms with Gasteiger partial charge in [0.15, 0.2) is 0 Å². The number of alkyl halides is 6. The summed E-state index contributed by atoms with van der Waals surface area (Å²) in [5, 5.41) is 0. The molecule has 10 heteroatoms. The Morgan fingerprint density at radius 1 is 0.575 bits per heavy atom. The van der Waals surface area contributed by atoms with E-state index in [0.29, 0.717) is 12.1 Å². The van der Waals surface area contributed by atoms with Gasteiger partial charge in [0.25, 0.3) is 0 Å². The van der Waals surface area contributed by atoms with Gasteiger partial charge in [-0.3, -0.25) is 0 Å². The Labute approximate surface area is 226 Å². The van der Waals surface area contributed by atoms with Crippen LogP contribution in [0.5, 0.6) is 11.5 Å². The Morgan fingerprint density at radius 3 is 1.27 bits per heavy atom. The van der Waals surface area contributed by atoms with Gasteiger partial charge in [-0.15, -0.1) is 0 Å². The summed E-state index contributed by atoms with van der Waals surface area (Å²) in [5.74, 6) is -0.892. The number of hydrogen-bond donors (Lipinski definition) is 0. The van der Waals surface area contributed by atoms with Crippen LogP contribution in [0.3, 0.4) is 0 Å². The van der Waals surface area contributed by atoms with E-state index in [9.17, 15) is 31.1 Å². The van der Waals surface area contributed by atoms with E-state index in [1.54, 1.807) is 18.2 Å². The van der Waals surface area contributed by atoms with Crippen LogP contribution in [0.4, 0.5) is 26.3 Å². The van der Waals surface area contributed by atoms with Crippen molar-refractivity contribution in [2.75, 3.05) is 7.11 Å². The number of ether oxygens (including phenoxy) is 2. The van der Waals surface area contributed by atoms with Crippen LogP contribution in [0.15, 0.2) is 115 Å². The molecule has 0 radical (unpaired) electrons. The SMILES string of the molecule is C=O.COc1ccc(C(c2ccc(OC(=O)c3ccccc3)cc2)(C(F)(F)F)C(F)(F)F)cc1.c1ccccc1. The molecule has 0 amide bonds. The lowest BCUT2D eigenvalue weighted by Gasteiger charge is -2.38. The molecule has 0 aliphatic heterocycles. The molecular weight excluding hydrogens is 538 g/mol. The van der Waals surface area contributed by atoms with E-state index in [2.05, 4.69) is 0 Å². The predicted molar refractivity (Wildman–Crippen MR) is 137 cm³/mol. The fraction of sp³-hybridized carbons (Fsp3) is 0.133. The van der Waals surface area contributed by atoms with Crippen LogP contribution in [0, 0.1) is 0 Å². The summed E-state index contributed by atoms with van der Waals surface area (Å²) in [6, 6.07) is 26.3. The van der Waals surface area contributed by atoms with Crippen molar-refractivity contribution in [3.63, 3.8) is 0 Å². The van der Waals surface area contributed by atoms with Crippen molar-refractivity contribution in [2.24, 2.45) is 0 Å². The van der Waals surface area contributed by atoms with Crippen LogP contribution in [0.2, 0.25) is 0 Å². The van der Waals surface area contributed by atoms with Crippen LogP contribution < -0.4 is 9.47 Å². The fourth-order valence-corrected chi connectivity index (χ4v) is 3.72. The smallest absolute Gasteiger partial charge is 0.411 e. The molecule has 0 bridgehead atoms. The average molecular weight is 563 g/mol. The Morgan fingerprint density at radius 2 is 0.925 bits per heavy atom. The normalized spacial score (nSPS) is 11.2. The molecule has 0 aromatic heterocycles. The van der Waals surface area contributed by atoms with Crippen molar-refractivity contribution in [1.29, 1.82) is 0 Å². The van der Waals surface area contributed by atoms with Gasteiger partial charge < -0.3 is 14.3 Å². The average Bonchev–Trinajstić information content (AvgIpc) is 2.96. The number of benzene rings is 4. The van der Waals surface area contributed by atoms with Gasteiger partial charge in [-0.1, -0.05) is 78.9 Å². The zero-order valence-corrected chi connectivity index (χ0v) is 21.1. The van der Waals surface area contributed by atoms with Gasteiger partial charge in [-0.05, 0) is 47.5 Å². The molecule has 0 fully saturated rings. The highest BCUT2D eigenvalue weighted by molar-refractivity contribution is 5.90. The number of hydrogen-bond acceptors (Lipinski definition) is 4. The molecule has 4 rings (SSSR count). The van der Waals surface area contributed by atoms with E-state index in [-0.39, 0.29) is 17.1 Å². The van der Waals surface area contributed by atoms with E-state index in [0.717, 1.165) is 36.4 Å². The van der Waals surface area contributed by atoms with Crippen molar-refractivity contribution >= 4 is 12.8 Å². The summed E-state index contributed by atoms with van der Waals surface area (Å²) in [6.45, 7) is 2.00. The molecule has 4 nitrogen and oxygen atoms in total. The van der Waals surface area contributed by atoms with Gasteiger partial charge in [0.1, 0.15) is 18.3 Å². The van der Waals surface area contributed by atoms with Crippen molar-refractivity contribution in [3.8, 4) is 11.5 Å². The highest BCUT2D eigenvalue weighted by Crippen LogP contribution is 2.56. The monoisotopic (exact) mass is 562 g/mol. The van der Waals surface area contributed by atoms with Crippen LogP contribution in [-0.2, 0) is 10.2 Å². The fourth-order valence-electron chi connectivity index (χ4n) is 3.72. The summed E-state index contributed by atoms with van der Waals surface area (Å²) < 4.78 is 94.6. The Bertz CT molecular complexity index is 1260. The molecule has 0 heterocycles. The predicted octanol–water partition coefficient (Wildman–Crippen LogP) is 7.83. The summed E-state index contributed by atoms with van der Waals surface area (Å²) in [4.78, 5) is 20.1. The van der Waals surface area contributed by atoms with Gasteiger partial charge in [0, 0.05) is 0 Å². The summed E-state index contributed by atoms with van der Waals surface area (Å²) in [6.07, 6.45) is -11.4. The summed E-state index contributed by atoms with van der Waals surface area (Å²) in [7, 11) is 1.24. The molecule has 0 saturated carbocycles.